The standard InChI is InChI=1S/C7H15NOS/c1-2-3-10-7-5-8-4-6(7)9/h6-9H,2-5H2,1H3. The van der Waals surface area contributed by atoms with E-state index in [1.807, 2.05) is 11.8 Å². The van der Waals surface area contributed by atoms with Gasteiger partial charge in [-0.3, -0.25) is 0 Å². The van der Waals surface area contributed by atoms with Gasteiger partial charge in [-0.05, 0) is 12.2 Å². The average Bonchev–Trinajstić information content (AvgIpc) is 2.31. The summed E-state index contributed by atoms with van der Waals surface area (Å²) < 4.78 is 0. The van der Waals surface area contributed by atoms with E-state index in [-0.39, 0.29) is 6.10 Å². The molecule has 2 N–H and O–H groups in total. The van der Waals surface area contributed by atoms with Crippen LogP contribution in [0.15, 0.2) is 0 Å². The summed E-state index contributed by atoms with van der Waals surface area (Å²) in [5, 5.41) is 12.9. The lowest BCUT2D eigenvalue weighted by atomic mass is 10.3. The first-order valence-corrected chi connectivity index (χ1v) is 4.90. The molecular weight excluding hydrogens is 146 g/mol. The summed E-state index contributed by atoms with van der Waals surface area (Å²) in [4.78, 5) is 0. The van der Waals surface area contributed by atoms with Gasteiger partial charge >= 0.3 is 0 Å². The van der Waals surface area contributed by atoms with Gasteiger partial charge in [-0.25, -0.2) is 0 Å². The number of hydrogen-bond donors (Lipinski definition) is 2. The van der Waals surface area contributed by atoms with Crippen LogP contribution in [0.5, 0.6) is 0 Å². The number of β-amino-alcohol motifs (C(OH)–C–C–N with tert-alkyl or cyclic N) is 1. The Labute approximate surface area is 66.4 Å². The summed E-state index contributed by atoms with van der Waals surface area (Å²) in [6.07, 6.45) is 1.09. The van der Waals surface area contributed by atoms with E-state index in [1.54, 1.807) is 0 Å². The van der Waals surface area contributed by atoms with Gasteiger partial charge in [0.25, 0.3) is 0 Å². The van der Waals surface area contributed by atoms with Crippen LogP contribution in [0.3, 0.4) is 0 Å². The van der Waals surface area contributed by atoms with Crippen LogP contribution in [0.2, 0.25) is 0 Å². The number of hydrogen-bond acceptors (Lipinski definition) is 3. The molecule has 10 heavy (non-hydrogen) atoms. The maximum atomic E-state index is 9.33. The summed E-state index contributed by atoms with van der Waals surface area (Å²) >= 11 is 1.88. The quantitative estimate of drug-likeness (QED) is 0.631. The van der Waals surface area contributed by atoms with Crippen molar-refractivity contribution in [1.29, 1.82) is 0 Å². The SMILES string of the molecule is CCCSC1CNCC1O. The van der Waals surface area contributed by atoms with Gasteiger partial charge in [-0.15, -0.1) is 0 Å². The lowest BCUT2D eigenvalue weighted by molar-refractivity contribution is 0.201. The van der Waals surface area contributed by atoms with Gasteiger partial charge in [0.05, 0.1) is 6.10 Å². The minimum Gasteiger partial charge on any atom is -0.391 e. The van der Waals surface area contributed by atoms with E-state index < -0.39 is 0 Å². The van der Waals surface area contributed by atoms with Gasteiger partial charge in [0.2, 0.25) is 0 Å². The lowest BCUT2D eigenvalue weighted by Crippen LogP contribution is -2.20. The Morgan fingerprint density at radius 1 is 1.60 bits per heavy atom. The number of rotatable bonds is 3. The van der Waals surface area contributed by atoms with E-state index >= 15 is 0 Å². The van der Waals surface area contributed by atoms with Crippen molar-refractivity contribution in [3.63, 3.8) is 0 Å². The Morgan fingerprint density at radius 3 is 2.90 bits per heavy atom. The van der Waals surface area contributed by atoms with Gasteiger partial charge in [-0.2, -0.15) is 11.8 Å². The summed E-state index contributed by atoms with van der Waals surface area (Å²) in [6, 6.07) is 0. The fourth-order valence-corrected chi connectivity index (χ4v) is 2.17. The number of nitrogens with one attached hydrogen (secondary N) is 1. The highest BCUT2D eigenvalue weighted by molar-refractivity contribution is 8.00. The Balaban J connectivity index is 2.14. The highest BCUT2D eigenvalue weighted by Gasteiger charge is 2.24. The zero-order valence-electron chi connectivity index (χ0n) is 6.34. The van der Waals surface area contributed by atoms with Gasteiger partial charge in [0.1, 0.15) is 0 Å². The van der Waals surface area contributed by atoms with E-state index in [9.17, 15) is 5.11 Å². The molecule has 1 heterocycles. The van der Waals surface area contributed by atoms with Gasteiger partial charge < -0.3 is 10.4 Å². The molecule has 0 saturated carbocycles. The number of aliphatic hydroxyl groups excluding tert-OH is 1. The first-order valence-electron chi connectivity index (χ1n) is 3.85. The normalized spacial score (nSPS) is 33.0. The van der Waals surface area contributed by atoms with E-state index in [1.165, 1.54) is 12.2 Å². The van der Waals surface area contributed by atoms with Crippen LogP contribution in [0.1, 0.15) is 13.3 Å². The molecule has 2 nitrogen and oxygen atoms in total. The van der Waals surface area contributed by atoms with Crippen molar-refractivity contribution in [3.8, 4) is 0 Å². The van der Waals surface area contributed by atoms with E-state index in [0.717, 1.165) is 13.1 Å². The molecule has 3 heteroatoms. The fourth-order valence-electron chi connectivity index (χ4n) is 1.08. The van der Waals surface area contributed by atoms with Crippen molar-refractivity contribution in [3.05, 3.63) is 0 Å². The molecule has 0 aromatic carbocycles. The fraction of sp³-hybridized carbons (Fsp3) is 1.00. The highest BCUT2D eigenvalue weighted by Crippen LogP contribution is 2.18. The molecule has 0 amide bonds. The molecule has 0 aromatic rings. The van der Waals surface area contributed by atoms with Crippen molar-refractivity contribution in [2.75, 3.05) is 18.8 Å². The summed E-state index contributed by atoms with van der Waals surface area (Å²) in [6.45, 7) is 3.93. The molecular formula is C7H15NOS. The van der Waals surface area contributed by atoms with Gasteiger partial charge in [-0.1, -0.05) is 6.92 Å². The number of thioether (sulfide) groups is 1. The van der Waals surface area contributed by atoms with Crippen LogP contribution in [0.25, 0.3) is 0 Å². The van der Waals surface area contributed by atoms with Crippen molar-refractivity contribution in [2.45, 2.75) is 24.7 Å². The lowest BCUT2D eigenvalue weighted by Gasteiger charge is -2.10. The summed E-state index contributed by atoms with van der Waals surface area (Å²) in [7, 11) is 0. The monoisotopic (exact) mass is 161 g/mol. The Morgan fingerprint density at radius 2 is 2.40 bits per heavy atom. The average molecular weight is 161 g/mol. The van der Waals surface area contributed by atoms with Gasteiger partial charge in [0, 0.05) is 18.3 Å². The van der Waals surface area contributed by atoms with Crippen LogP contribution in [-0.2, 0) is 0 Å². The minimum absolute atomic E-state index is 0.114. The smallest absolute Gasteiger partial charge is 0.0795 e. The molecule has 60 valence electrons. The van der Waals surface area contributed by atoms with Crippen LogP contribution in [0, 0.1) is 0 Å². The van der Waals surface area contributed by atoms with Crippen molar-refractivity contribution in [1.82, 2.24) is 5.32 Å². The van der Waals surface area contributed by atoms with Crippen molar-refractivity contribution >= 4 is 11.8 Å². The molecule has 2 atom stereocenters. The molecule has 1 fully saturated rings. The van der Waals surface area contributed by atoms with E-state index in [0.29, 0.717) is 5.25 Å². The largest absolute Gasteiger partial charge is 0.391 e. The van der Waals surface area contributed by atoms with Crippen LogP contribution < -0.4 is 5.32 Å². The first kappa shape index (κ1) is 8.37. The van der Waals surface area contributed by atoms with E-state index in [2.05, 4.69) is 12.2 Å². The summed E-state index contributed by atoms with van der Waals surface area (Å²) in [5.74, 6) is 1.17. The molecule has 1 aliphatic rings. The third kappa shape index (κ3) is 2.15. The molecule has 0 bridgehead atoms. The van der Waals surface area contributed by atoms with E-state index in [4.69, 9.17) is 0 Å². The zero-order valence-corrected chi connectivity index (χ0v) is 7.16. The summed E-state index contributed by atoms with van der Waals surface area (Å²) in [5.41, 5.74) is 0. The van der Waals surface area contributed by atoms with Crippen LogP contribution in [0.4, 0.5) is 0 Å². The maximum absolute atomic E-state index is 9.33. The first-order chi connectivity index (χ1) is 4.84. The predicted octanol–water partition coefficient (Wildman–Crippen LogP) is 0.462. The topological polar surface area (TPSA) is 32.3 Å². The third-order valence-corrected chi connectivity index (χ3v) is 3.22. The third-order valence-electron chi connectivity index (χ3n) is 1.66. The molecule has 2 unspecified atom stereocenters. The molecule has 0 radical (unpaired) electrons. The second-order valence-electron chi connectivity index (χ2n) is 2.63. The van der Waals surface area contributed by atoms with Crippen molar-refractivity contribution < 1.29 is 5.11 Å². The Bertz CT molecular complexity index is 99.6. The molecule has 0 spiro atoms. The molecule has 1 aliphatic heterocycles. The zero-order chi connectivity index (χ0) is 7.40. The van der Waals surface area contributed by atoms with Crippen molar-refractivity contribution in [2.24, 2.45) is 0 Å². The highest BCUT2D eigenvalue weighted by atomic mass is 32.2. The van der Waals surface area contributed by atoms with Gasteiger partial charge in [0.15, 0.2) is 0 Å². The molecule has 0 aromatic heterocycles. The molecule has 0 aliphatic carbocycles. The second-order valence-corrected chi connectivity index (χ2v) is 3.98. The predicted molar refractivity (Wildman–Crippen MR) is 45.4 cm³/mol. The Kier molecular flexibility index (Phi) is 3.52. The molecule has 1 rings (SSSR count). The molecule has 1 saturated heterocycles. The van der Waals surface area contributed by atoms with Crippen LogP contribution >= 0.6 is 11.8 Å². The Hall–Kier alpha value is 0.270. The number of aliphatic hydroxyl groups is 1. The second kappa shape index (κ2) is 4.21. The maximum Gasteiger partial charge on any atom is 0.0795 e. The minimum atomic E-state index is -0.114. The van der Waals surface area contributed by atoms with Crippen LogP contribution in [-0.4, -0.2) is 35.3 Å².